The monoisotopic (exact) mass is 206 g/mol. The summed E-state index contributed by atoms with van der Waals surface area (Å²) in [6, 6.07) is 4.85. The standard InChI is InChI=1S/C10H10N2O3/c1-6-11-10(15-12-6)7-3-4-8(13)9(5-7)14-2/h3-5,13H,1-2H3. The summed E-state index contributed by atoms with van der Waals surface area (Å²) in [5.41, 5.74) is 0.713. The number of phenols is 1. The Morgan fingerprint density at radius 2 is 2.20 bits per heavy atom. The molecule has 0 fully saturated rings. The fourth-order valence-corrected chi connectivity index (χ4v) is 1.22. The van der Waals surface area contributed by atoms with Crippen molar-refractivity contribution in [3.63, 3.8) is 0 Å². The van der Waals surface area contributed by atoms with Gasteiger partial charge in [-0.2, -0.15) is 4.98 Å². The van der Waals surface area contributed by atoms with Gasteiger partial charge in [-0.05, 0) is 25.1 Å². The van der Waals surface area contributed by atoms with Gasteiger partial charge in [-0.25, -0.2) is 0 Å². The Morgan fingerprint density at radius 1 is 1.40 bits per heavy atom. The Hall–Kier alpha value is -2.04. The van der Waals surface area contributed by atoms with Crippen LogP contribution in [0.3, 0.4) is 0 Å². The van der Waals surface area contributed by atoms with E-state index in [0.717, 1.165) is 0 Å². The quantitative estimate of drug-likeness (QED) is 0.810. The Morgan fingerprint density at radius 3 is 2.80 bits per heavy atom. The van der Waals surface area contributed by atoms with Gasteiger partial charge >= 0.3 is 0 Å². The molecular weight excluding hydrogens is 196 g/mol. The molecule has 5 nitrogen and oxygen atoms in total. The maximum Gasteiger partial charge on any atom is 0.258 e. The lowest BCUT2D eigenvalue weighted by molar-refractivity contribution is 0.373. The molecule has 0 radical (unpaired) electrons. The first-order valence-corrected chi connectivity index (χ1v) is 4.38. The van der Waals surface area contributed by atoms with Crippen LogP contribution in [-0.4, -0.2) is 22.4 Å². The van der Waals surface area contributed by atoms with Crippen LogP contribution in [0.15, 0.2) is 22.7 Å². The first-order chi connectivity index (χ1) is 7.20. The van der Waals surface area contributed by atoms with Crippen molar-refractivity contribution in [1.82, 2.24) is 10.1 Å². The third kappa shape index (κ3) is 1.76. The third-order valence-electron chi connectivity index (χ3n) is 1.95. The molecular formula is C10H10N2O3. The molecule has 0 unspecified atom stereocenters. The predicted molar refractivity (Wildman–Crippen MR) is 52.7 cm³/mol. The fraction of sp³-hybridized carbons (Fsp3) is 0.200. The second-order valence-electron chi connectivity index (χ2n) is 3.03. The molecule has 0 aliphatic carbocycles. The number of nitrogens with zero attached hydrogens (tertiary/aromatic N) is 2. The maximum atomic E-state index is 9.40. The summed E-state index contributed by atoms with van der Waals surface area (Å²) < 4.78 is 9.97. The van der Waals surface area contributed by atoms with Crippen LogP contribution in [0, 0.1) is 6.92 Å². The van der Waals surface area contributed by atoms with Crippen molar-refractivity contribution in [1.29, 1.82) is 0 Å². The zero-order valence-electron chi connectivity index (χ0n) is 8.39. The van der Waals surface area contributed by atoms with Crippen molar-refractivity contribution >= 4 is 0 Å². The largest absolute Gasteiger partial charge is 0.504 e. The average molecular weight is 206 g/mol. The van der Waals surface area contributed by atoms with Gasteiger partial charge in [0.2, 0.25) is 0 Å². The lowest BCUT2D eigenvalue weighted by atomic mass is 10.2. The normalized spacial score (nSPS) is 10.3. The van der Waals surface area contributed by atoms with E-state index in [1.54, 1.807) is 19.1 Å². The number of hydrogen-bond acceptors (Lipinski definition) is 5. The lowest BCUT2D eigenvalue weighted by Crippen LogP contribution is -1.85. The van der Waals surface area contributed by atoms with Crippen molar-refractivity contribution in [2.24, 2.45) is 0 Å². The molecule has 0 saturated heterocycles. The number of hydrogen-bond donors (Lipinski definition) is 1. The number of ether oxygens (including phenoxy) is 1. The predicted octanol–water partition coefficient (Wildman–Crippen LogP) is 1.76. The van der Waals surface area contributed by atoms with Gasteiger partial charge < -0.3 is 14.4 Å². The van der Waals surface area contributed by atoms with E-state index in [1.807, 2.05) is 0 Å². The van der Waals surface area contributed by atoms with Crippen LogP contribution < -0.4 is 4.74 Å². The summed E-state index contributed by atoms with van der Waals surface area (Å²) in [5, 5.41) is 13.1. The SMILES string of the molecule is COc1cc(-c2nc(C)no2)ccc1O. The van der Waals surface area contributed by atoms with Crippen molar-refractivity contribution in [2.75, 3.05) is 7.11 Å². The molecule has 1 N–H and O–H groups in total. The van der Waals surface area contributed by atoms with Gasteiger partial charge in [0.1, 0.15) is 0 Å². The topological polar surface area (TPSA) is 68.4 Å². The smallest absolute Gasteiger partial charge is 0.258 e. The van der Waals surface area contributed by atoms with Gasteiger partial charge in [0.05, 0.1) is 7.11 Å². The zero-order valence-corrected chi connectivity index (χ0v) is 8.39. The number of aromatic hydroxyl groups is 1. The van der Waals surface area contributed by atoms with Crippen LogP contribution in [0.2, 0.25) is 0 Å². The molecule has 1 aromatic carbocycles. The van der Waals surface area contributed by atoms with Crippen LogP contribution in [-0.2, 0) is 0 Å². The fourth-order valence-electron chi connectivity index (χ4n) is 1.22. The van der Waals surface area contributed by atoms with Crippen molar-refractivity contribution in [2.45, 2.75) is 6.92 Å². The highest BCUT2D eigenvalue weighted by Crippen LogP contribution is 2.30. The maximum absolute atomic E-state index is 9.40. The first-order valence-electron chi connectivity index (χ1n) is 4.38. The molecule has 5 heteroatoms. The molecule has 0 saturated carbocycles. The Balaban J connectivity index is 2.45. The van der Waals surface area contributed by atoms with E-state index in [-0.39, 0.29) is 5.75 Å². The van der Waals surface area contributed by atoms with Crippen LogP contribution in [0.1, 0.15) is 5.82 Å². The van der Waals surface area contributed by atoms with Crippen LogP contribution >= 0.6 is 0 Å². The van der Waals surface area contributed by atoms with Crippen LogP contribution in [0.4, 0.5) is 0 Å². The van der Waals surface area contributed by atoms with Gasteiger partial charge in [0.15, 0.2) is 17.3 Å². The molecule has 2 aromatic rings. The molecule has 0 aliphatic heterocycles. The number of phenolic OH excluding ortho intramolecular Hbond substituents is 1. The van der Waals surface area contributed by atoms with Crippen molar-refractivity contribution < 1.29 is 14.4 Å². The summed E-state index contributed by atoms with van der Waals surface area (Å²) in [7, 11) is 1.48. The Labute approximate surface area is 86.3 Å². The summed E-state index contributed by atoms with van der Waals surface area (Å²) in [4.78, 5) is 4.07. The van der Waals surface area contributed by atoms with E-state index < -0.39 is 0 Å². The minimum atomic E-state index is 0.0810. The summed E-state index contributed by atoms with van der Waals surface area (Å²) in [6.07, 6.45) is 0. The number of methoxy groups -OCH3 is 1. The molecule has 1 heterocycles. The number of rotatable bonds is 2. The van der Waals surface area contributed by atoms with Gasteiger partial charge in [0, 0.05) is 5.56 Å². The Bertz CT molecular complexity index is 479. The van der Waals surface area contributed by atoms with Crippen LogP contribution in [0.5, 0.6) is 11.5 Å². The summed E-state index contributed by atoms with van der Waals surface area (Å²) in [6.45, 7) is 1.74. The molecule has 15 heavy (non-hydrogen) atoms. The van der Waals surface area contributed by atoms with Gasteiger partial charge in [-0.15, -0.1) is 0 Å². The minimum absolute atomic E-state index is 0.0810. The van der Waals surface area contributed by atoms with E-state index in [2.05, 4.69) is 10.1 Å². The summed E-state index contributed by atoms with van der Waals surface area (Å²) in [5.74, 6) is 1.43. The minimum Gasteiger partial charge on any atom is -0.504 e. The highest BCUT2D eigenvalue weighted by molar-refractivity contribution is 5.59. The third-order valence-corrected chi connectivity index (χ3v) is 1.95. The molecule has 1 aromatic heterocycles. The van der Waals surface area contributed by atoms with Crippen LogP contribution in [0.25, 0.3) is 11.5 Å². The summed E-state index contributed by atoms with van der Waals surface area (Å²) >= 11 is 0. The molecule has 0 aliphatic rings. The van der Waals surface area contributed by atoms with E-state index in [4.69, 9.17) is 9.26 Å². The molecule has 0 atom stereocenters. The van der Waals surface area contributed by atoms with Gasteiger partial charge in [-0.1, -0.05) is 5.16 Å². The molecule has 2 rings (SSSR count). The number of aromatic nitrogens is 2. The zero-order chi connectivity index (χ0) is 10.8. The van der Waals surface area contributed by atoms with Crippen molar-refractivity contribution in [3.8, 4) is 23.0 Å². The first kappa shape index (κ1) is 9.51. The second-order valence-corrected chi connectivity index (χ2v) is 3.03. The van der Waals surface area contributed by atoms with E-state index in [1.165, 1.54) is 13.2 Å². The number of aryl methyl sites for hydroxylation is 1. The van der Waals surface area contributed by atoms with E-state index in [9.17, 15) is 5.11 Å². The average Bonchev–Trinajstić information content (AvgIpc) is 2.66. The Kier molecular flexibility index (Phi) is 2.29. The number of benzene rings is 1. The van der Waals surface area contributed by atoms with E-state index >= 15 is 0 Å². The molecule has 0 spiro atoms. The molecule has 0 bridgehead atoms. The highest BCUT2D eigenvalue weighted by Gasteiger charge is 2.09. The second kappa shape index (κ2) is 3.61. The van der Waals surface area contributed by atoms with Crippen molar-refractivity contribution in [3.05, 3.63) is 24.0 Å². The van der Waals surface area contributed by atoms with Gasteiger partial charge in [-0.3, -0.25) is 0 Å². The molecule has 78 valence electrons. The molecule has 0 amide bonds. The van der Waals surface area contributed by atoms with Gasteiger partial charge in [0.25, 0.3) is 5.89 Å². The highest BCUT2D eigenvalue weighted by atomic mass is 16.5. The lowest BCUT2D eigenvalue weighted by Gasteiger charge is -2.03. The van der Waals surface area contributed by atoms with E-state index in [0.29, 0.717) is 23.0 Å².